The van der Waals surface area contributed by atoms with Crippen LogP contribution in [0.2, 0.25) is 0 Å². The van der Waals surface area contributed by atoms with E-state index in [1.807, 2.05) is 6.92 Å². The Morgan fingerprint density at radius 2 is 2.29 bits per heavy atom. The van der Waals surface area contributed by atoms with Crippen LogP contribution in [-0.4, -0.2) is 23.8 Å². The Bertz CT molecular complexity index is 289. The number of hydrogen-bond acceptors (Lipinski definition) is 3. The maximum Gasteiger partial charge on any atom is 0.141 e. The van der Waals surface area contributed by atoms with Gasteiger partial charge in [-0.1, -0.05) is 6.92 Å². The molecular weight excluding hydrogens is 185 g/mol. The number of nitrogens with zero attached hydrogens (tertiary/aromatic N) is 1. The van der Waals surface area contributed by atoms with Crippen molar-refractivity contribution in [2.75, 3.05) is 13.7 Å². The van der Waals surface area contributed by atoms with Crippen molar-refractivity contribution >= 4 is 0 Å². The first-order valence-corrected chi connectivity index (χ1v) is 4.45. The van der Waals surface area contributed by atoms with E-state index in [0.29, 0.717) is 12.1 Å². The molecule has 0 spiro atoms. The van der Waals surface area contributed by atoms with Crippen molar-refractivity contribution in [3.05, 3.63) is 29.8 Å². The normalized spacial score (nSPS) is 15.1. The smallest absolute Gasteiger partial charge is 0.141 e. The van der Waals surface area contributed by atoms with Crippen molar-refractivity contribution in [3.8, 4) is 0 Å². The molecule has 0 aromatic carbocycles. The molecule has 0 saturated heterocycles. The predicted octanol–water partition coefficient (Wildman–Crippen LogP) is 1.46. The highest BCUT2D eigenvalue weighted by atomic mass is 19.1. The molecule has 1 heterocycles. The SMILES string of the molecule is CCC(O)(COC)c1ccc(F)cn1. The van der Waals surface area contributed by atoms with Crippen LogP contribution in [0.5, 0.6) is 0 Å². The zero-order valence-corrected chi connectivity index (χ0v) is 8.33. The maximum atomic E-state index is 12.6. The van der Waals surface area contributed by atoms with E-state index in [9.17, 15) is 9.50 Å². The van der Waals surface area contributed by atoms with E-state index < -0.39 is 11.4 Å². The lowest BCUT2D eigenvalue weighted by molar-refractivity contribution is -0.0418. The summed E-state index contributed by atoms with van der Waals surface area (Å²) in [5, 5.41) is 10.1. The number of ether oxygens (including phenoxy) is 1. The summed E-state index contributed by atoms with van der Waals surface area (Å²) in [6.07, 6.45) is 1.56. The second kappa shape index (κ2) is 4.48. The van der Waals surface area contributed by atoms with Gasteiger partial charge in [-0.3, -0.25) is 4.98 Å². The highest BCUT2D eigenvalue weighted by Gasteiger charge is 2.28. The zero-order chi connectivity index (χ0) is 10.6. The van der Waals surface area contributed by atoms with E-state index in [1.54, 1.807) is 0 Å². The molecule has 78 valence electrons. The Morgan fingerprint density at radius 1 is 1.57 bits per heavy atom. The van der Waals surface area contributed by atoms with Gasteiger partial charge in [-0.2, -0.15) is 0 Å². The average molecular weight is 199 g/mol. The molecule has 1 N–H and O–H groups in total. The van der Waals surface area contributed by atoms with Crippen LogP contribution < -0.4 is 0 Å². The second-order valence-electron chi connectivity index (χ2n) is 3.18. The summed E-state index contributed by atoms with van der Waals surface area (Å²) < 4.78 is 17.5. The summed E-state index contributed by atoms with van der Waals surface area (Å²) >= 11 is 0. The van der Waals surface area contributed by atoms with Gasteiger partial charge in [-0.25, -0.2) is 4.39 Å². The maximum absolute atomic E-state index is 12.6. The van der Waals surface area contributed by atoms with Gasteiger partial charge in [0.2, 0.25) is 0 Å². The number of halogens is 1. The lowest BCUT2D eigenvalue weighted by Gasteiger charge is -2.24. The molecule has 0 radical (unpaired) electrons. The molecule has 0 aliphatic carbocycles. The summed E-state index contributed by atoms with van der Waals surface area (Å²) in [6, 6.07) is 2.75. The molecular formula is C10H14FNO2. The monoisotopic (exact) mass is 199 g/mol. The molecule has 0 aliphatic heterocycles. The summed E-state index contributed by atoms with van der Waals surface area (Å²) in [4.78, 5) is 3.83. The van der Waals surface area contributed by atoms with Crippen LogP contribution in [0, 0.1) is 5.82 Å². The largest absolute Gasteiger partial charge is 0.381 e. The minimum atomic E-state index is -1.12. The number of pyridine rings is 1. The number of aromatic nitrogens is 1. The zero-order valence-electron chi connectivity index (χ0n) is 8.33. The van der Waals surface area contributed by atoms with Crippen LogP contribution in [0.15, 0.2) is 18.3 Å². The minimum absolute atomic E-state index is 0.155. The highest BCUT2D eigenvalue weighted by Crippen LogP contribution is 2.23. The molecule has 0 fully saturated rings. The van der Waals surface area contributed by atoms with Crippen molar-refractivity contribution in [2.45, 2.75) is 18.9 Å². The Labute approximate surface area is 82.5 Å². The van der Waals surface area contributed by atoms with Crippen LogP contribution in [0.3, 0.4) is 0 Å². The van der Waals surface area contributed by atoms with Crippen LogP contribution in [0.25, 0.3) is 0 Å². The molecule has 0 amide bonds. The van der Waals surface area contributed by atoms with E-state index in [1.165, 1.54) is 19.2 Å². The quantitative estimate of drug-likeness (QED) is 0.798. The van der Waals surface area contributed by atoms with Crippen molar-refractivity contribution < 1.29 is 14.2 Å². The van der Waals surface area contributed by atoms with Gasteiger partial charge in [0.1, 0.15) is 11.4 Å². The fourth-order valence-corrected chi connectivity index (χ4v) is 1.25. The summed E-state index contributed by atoms with van der Waals surface area (Å²) in [5.41, 5.74) is -0.689. The van der Waals surface area contributed by atoms with Crippen molar-refractivity contribution in [3.63, 3.8) is 0 Å². The van der Waals surface area contributed by atoms with Crippen LogP contribution in [0.1, 0.15) is 19.0 Å². The average Bonchev–Trinajstić information content (AvgIpc) is 2.19. The Balaban J connectivity index is 2.94. The van der Waals surface area contributed by atoms with E-state index in [0.717, 1.165) is 6.20 Å². The van der Waals surface area contributed by atoms with E-state index >= 15 is 0 Å². The van der Waals surface area contributed by atoms with Gasteiger partial charge < -0.3 is 9.84 Å². The Kier molecular flexibility index (Phi) is 3.55. The van der Waals surface area contributed by atoms with Crippen molar-refractivity contribution in [1.82, 2.24) is 4.98 Å². The third-order valence-corrected chi connectivity index (χ3v) is 2.17. The molecule has 1 unspecified atom stereocenters. The van der Waals surface area contributed by atoms with E-state index in [-0.39, 0.29) is 6.61 Å². The summed E-state index contributed by atoms with van der Waals surface area (Å²) in [5.74, 6) is -0.412. The standard InChI is InChI=1S/C10H14FNO2/c1-3-10(13,7-14-2)9-5-4-8(11)6-12-9/h4-6,13H,3,7H2,1-2H3. The number of rotatable bonds is 4. The van der Waals surface area contributed by atoms with Crippen LogP contribution in [0.4, 0.5) is 4.39 Å². The molecule has 4 heteroatoms. The lowest BCUT2D eigenvalue weighted by Crippen LogP contribution is -2.31. The Morgan fingerprint density at radius 3 is 2.71 bits per heavy atom. The second-order valence-corrected chi connectivity index (χ2v) is 3.18. The fraction of sp³-hybridized carbons (Fsp3) is 0.500. The highest BCUT2D eigenvalue weighted by molar-refractivity contribution is 5.13. The third-order valence-electron chi connectivity index (χ3n) is 2.17. The Hall–Kier alpha value is -1.00. The fourth-order valence-electron chi connectivity index (χ4n) is 1.25. The first kappa shape index (κ1) is 11.1. The van der Waals surface area contributed by atoms with Crippen molar-refractivity contribution in [2.24, 2.45) is 0 Å². The molecule has 3 nitrogen and oxygen atoms in total. The number of hydrogen-bond donors (Lipinski definition) is 1. The van der Waals surface area contributed by atoms with Gasteiger partial charge in [-0.05, 0) is 18.6 Å². The van der Waals surface area contributed by atoms with Gasteiger partial charge in [0.25, 0.3) is 0 Å². The third kappa shape index (κ3) is 2.27. The van der Waals surface area contributed by atoms with E-state index in [2.05, 4.69) is 4.98 Å². The molecule has 0 saturated carbocycles. The molecule has 0 aliphatic rings. The summed E-state index contributed by atoms with van der Waals surface area (Å²) in [7, 11) is 1.50. The molecule has 1 rings (SSSR count). The molecule has 1 aromatic heterocycles. The first-order valence-electron chi connectivity index (χ1n) is 4.45. The number of methoxy groups -OCH3 is 1. The minimum Gasteiger partial charge on any atom is -0.381 e. The molecule has 14 heavy (non-hydrogen) atoms. The van der Waals surface area contributed by atoms with Crippen LogP contribution in [-0.2, 0) is 10.3 Å². The lowest BCUT2D eigenvalue weighted by atomic mass is 9.97. The summed E-state index contributed by atoms with van der Waals surface area (Å²) in [6.45, 7) is 1.98. The number of aliphatic hydroxyl groups is 1. The van der Waals surface area contributed by atoms with Gasteiger partial charge in [-0.15, -0.1) is 0 Å². The predicted molar refractivity (Wildman–Crippen MR) is 50.3 cm³/mol. The molecule has 1 aromatic rings. The van der Waals surface area contributed by atoms with E-state index in [4.69, 9.17) is 4.74 Å². The first-order chi connectivity index (χ1) is 6.62. The molecule has 1 atom stereocenters. The van der Waals surface area contributed by atoms with Gasteiger partial charge in [0.15, 0.2) is 0 Å². The van der Waals surface area contributed by atoms with Gasteiger partial charge in [0, 0.05) is 7.11 Å². The van der Waals surface area contributed by atoms with Crippen LogP contribution >= 0.6 is 0 Å². The van der Waals surface area contributed by atoms with Crippen molar-refractivity contribution in [1.29, 1.82) is 0 Å². The molecule has 0 bridgehead atoms. The van der Waals surface area contributed by atoms with Gasteiger partial charge in [0.05, 0.1) is 18.5 Å². The van der Waals surface area contributed by atoms with Gasteiger partial charge >= 0.3 is 0 Å². The topological polar surface area (TPSA) is 42.4 Å².